The van der Waals surface area contributed by atoms with Crippen molar-refractivity contribution in [3.05, 3.63) is 17.8 Å². The summed E-state index contributed by atoms with van der Waals surface area (Å²) in [6.07, 6.45) is 1.84. The number of piperazine rings is 1. The molecular weight excluding hydrogens is 212 g/mol. The molecule has 2 atom stereocenters. The lowest BCUT2D eigenvalue weighted by Gasteiger charge is -2.43. The molecule has 1 aliphatic rings. The Morgan fingerprint density at radius 3 is 2.47 bits per heavy atom. The highest BCUT2D eigenvalue weighted by Crippen LogP contribution is 2.26. The van der Waals surface area contributed by atoms with Crippen molar-refractivity contribution < 1.29 is 0 Å². The number of aryl methyl sites for hydroxylation is 1. The topological polar surface area (TPSA) is 45.4 Å². The highest BCUT2D eigenvalue weighted by Gasteiger charge is 2.28. The van der Waals surface area contributed by atoms with Gasteiger partial charge in [0.15, 0.2) is 5.82 Å². The summed E-state index contributed by atoms with van der Waals surface area (Å²) < 4.78 is 0. The summed E-state index contributed by atoms with van der Waals surface area (Å²) in [5.41, 5.74) is 8.04. The first-order valence-corrected chi connectivity index (χ1v) is 6.18. The van der Waals surface area contributed by atoms with Crippen molar-refractivity contribution in [3.63, 3.8) is 0 Å². The number of likely N-dealkylation sites (N-methyl/N-ethyl adjacent to an activating group) is 1. The van der Waals surface area contributed by atoms with E-state index in [0.717, 1.165) is 30.2 Å². The van der Waals surface area contributed by atoms with Gasteiger partial charge in [0.05, 0.1) is 5.69 Å². The van der Waals surface area contributed by atoms with Crippen molar-refractivity contribution in [2.24, 2.45) is 0 Å². The van der Waals surface area contributed by atoms with Crippen LogP contribution in [0.5, 0.6) is 0 Å². The molecule has 0 amide bonds. The molecule has 2 rings (SSSR count). The average molecular weight is 234 g/mol. The minimum absolute atomic E-state index is 0.528. The second-order valence-corrected chi connectivity index (χ2v) is 5.13. The van der Waals surface area contributed by atoms with Crippen molar-refractivity contribution in [1.29, 1.82) is 0 Å². The Bertz CT molecular complexity index is 392. The van der Waals surface area contributed by atoms with Gasteiger partial charge in [-0.3, -0.25) is 4.90 Å². The maximum Gasteiger partial charge on any atom is 0.152 e. The predicted octanol–water partition coefficient (Wildman–Crippen LogP) is 1.50. The Balaban J connectivity index is 2.26. The molecule has 17 heavy (non-hydrogen) atoms. The fourth-order valence-corrected chi connectivity index (χ4v) is 2.38. The minimum Gasteiger partial charge on any atom is -0.396 e. The quantitative estimate of drug-likeness (QED) is 0.800. The van der Waals surface area contributed by atoms with E-state index in [1.54, 1.807) is 0 Å². The summed E-state index contributed by atoms with van der Waals surface area (Å²) in [4.78, 5) is 9.15. The number of nitrogens with two attached hydrogens (primary N) is 1. The lowest BCUT2D eigenvalue weighted by molar-refractivity contribution is 0.169. The minimum atomic E-state index is 0.528. The van der Waals surface area contributed by atoms with Crippen LogP contribution >= 0.6 is 0 Å². The summed E-state index contributed by atoms with van der Waals surface area (Å²) >= 11 is 0. The highest BCUT2D eigenvalue weighted by molar-refractivity contribution is 5.66. The van der Waals surface area contributed by atoms with Gasteiger partial charge in [-0.15, -0.1) is 0 Å². The molecule has 1 aromatic heterocycles. The van der Waals surface area contributed by atoms with Crippen LogP contribution in [-0.2, 0) is 0 Å². The van der Waals surface area contributed by atoms with Gasteiger partial charge < -0.3 is 10.6 Å². The van der Waals surface area contributed by atoms with Crippen LogP contribution in [0.2, 0.25) is 0 Å². The first-order valence-electron chi connectivity index (χ1n) is 6.18. The van der Waals surface area contributed by atoms with Crippen LogP contribution in [0.3, 0.4) is 0 Å². The van der Waals surface area contributed by atoms with Crippen molar-refractivity contribution in [2.75, 3.05) is 30.8 Å². The third kappa shape index (κ3) is 2.22. The van der Waals surface area contributed by atoms with E-state index in [9.17, 15) is 0 Å². The molecule has 0 aromatic carbocycles. The standard InChI is InChI=1S/C13H22N4/c1-9-5-6-15-13(12(9)14)17-7-10(2)16(4)11(3)8-17/h5-6,10-11H,7-8,14H2,1-4H3. The maximum atomic E-state index is 6.12. The number of anilines is 2. The fourth-order valence-electron chi connectivity index (χ4n) is 2.38. The summed E-state index contributed by atoms with van der Waals surface area (Å²) in [6.45, 7) is 8.50. The molecule has 1 aromatic rings. The van der Waals surface area contributed by atoms with Crippen molar-refractivity contribution in [1.82, 2.24) is 9.88 Å². The Kier molecular flexibility index (Phi) is 3.24. The molecule has 2 N–H and O–H groups in total. The van der Waals surface area contributed by atoms with E-state index in [1.807, 2.05) is 19.2 Å². The van der Waals surface area contributed by atoms with Gasteiger partial charge in [0.2, 0.25) is 0 Å². The smallest absolute Gasteiger partial charge is 0.152 e. The number of aromatic nitrogens is 1. The largest absolute Gasteiger partial charge is 0.396 e. The zero-order chi connectivity index (χ0) is 12.6. The molecule has 0 saturated carbocycles. The van der Waals surface area contributed by atoms with E-state index in [2.05, 4.69) is 35.7 Å². The first kappa shape index (κ1) is 12.2. The molecule has 1 aliphatic heterocycles. The molecule has 0 spiro atoms. The molecule has 4 heteroatoms. The summed E-state index contributed by atoms with van der Waals surface area (Å²) in [5, 5.41) is 0. The van der Waals surface area contributed by atoms with Gasteiger partial charge in [0.25, 0.3) is 0 Å². The molecular formula is C13H22N4. The van der Waals surface area contributed by atoms with Gasteiger partial charge in [0, 0.05) is 31.4 Å². The number of nitrogens with zero attached hydrogens (tertiary/aromatic N) is 3. The van der Waals surface area contributed by atoms with Gasteiger partial charge in [-0.05, 0) is 39.4 Å². The average Bonchev–Trinajstić information content (AvgIpc) is 2.29. The molecule has 4 nitrogen and oxygen atoms in total. The van der Waals surface area contributed by atoms with Crippen LogP contribution < -0.4 is 10.6 Å². The van der Waals surface area contributed by atoms with Crippen LogP contribution in [-0.4, -0.2) is 42.1 Å². The second-order valence-electron chi connectivity index (χ2n) is 5.13. The molecule has 1 fully saturated rings. The van der Waals surface area contributed by atoms with E-state index in [-0.39, 0.29) is 0 Å². The van der Waals surface area contributed by atoms with Crippen LogP contribution in [0.1, 0.15) is 19.4 Å². The summed E-state index contributed by atoms with van der Waals surface area (Å²) in [7, 11) is 2.18. The Hall–Kier alpha value is -1.29. The zero-order valence-corrected chi connectivity index (χ0v) is 11.1. The number of hydrogen-bond acceptors (Lipinski definition) is 4. The zero-order valence-electron chi connectivity index (χ0n) is 11.1. The Morgan fingerprint density at radius 1 is 1.29 bits per heavy atom. The van der Waals surface area contributed by atoms with Crippen molar-refractivity contribution in [3.8, 4) is 0 Å². The SMILES string of the molecule is Cc1ccnc(N2CC(C)N(C)C(C)C2)c1N. The van der Waals surface area contributed by atoms with Crippen LogP contribution in [0.25, 0.3) is 0 Å². The lowest BCUT2D eigenvalue weighted by Crippen LogP contribution is -2.55. The van der Waals surface area contributed by atoms with E-state index in [0.29, 0.717) is 12.1 Å². The van der Waals surface area contributed by atoms with Crippen molar-refractivity contribution >= 4 is 11.5 Å². The summed E-state index contributed by atoms with van der Waals surface area (Å²) in [5.74, 6) is 0.941. The van der Waals surface area contributed by atoms with Gasteiger partial charge in [0.1, 0.15) is 0 Å². The van der Waals surface area contributed by atoms with Gasteiger partial charge in [-0.2, -0.15) is 0 Å². The van der Waals surface area contributed by atoms with Gasteiger partial charge in [-0.1, -0.05) is 0 Å². The fraction of sp³-hybridized carbons (Fsp3) is 0.615. The van der Waals surface area contributed by atoms with E-state index in [4.69, 9.17) is 5.73 Å². The predicted molar refractivity (Wildman–Crippen MR) is 72.3 cm³/mol. The van der Waals surface area contributed by atoms with Crippen LogP contribution in [0.15, 0.2) is 12.3 Å². The first-order chi connectivity index (χ1) is 8.00. The number of pyridine rings is 1. The molecule has 2 unspecified atom stereocenters. The van der Waals surface area contributed by atoms with E-state index >= 15 is 0 Å². The number of nitrogen functional groups attached to an aromatic ring is 1. The lowest BCUT2D eigenvalue weighted by atomic mass is 10.1. The highest BCUT2D eigenvalue weighted by atomic mass is 15.3. The number of rotatable bonds is 1. The van der Waals surface area contributed by atoms with Gasteiger partial charge >= 0.3 is 0 Å². The number of hydrogen-bond donors (Lipinski definition) is 1. The molecule has 0 bridgehead atoms. The Labute approximate surface area is 103 Å². The third-order valence-electron chi connectivity index (χ3n) is 3.85. The normalized spacial score (nSPS) is 26.2. The third-order valence-corrected chi connectivity index (χ3v) is 3.85. The molecule has 2 heterocycles. The second kappa shape index (κ2) is 4.53. The van der Waals surface area contributed by atoms with E-state index in [1.165, 1.54) is 0 Å². The molecule has 1 saturated heterocycles. The van der Waals surface area contributed by atoms with Crippen LogP contribution in [0, 0.1) is 6.92 Å². The van der Waals surface area contributed by atoms with Crippen molar-refractivity contribution in [2.45, 2.75) is 32.9 Å². The molecule has 94 valence electrons. The monoisotopic (exact) mass is 234 g/mol. The van der Waals surface area contributed by atoms with Gasteiger partial charge in [-0.25, -0.2) is 4.98 Å². The summed E-state index contributed by atoms with van der Waals surface area (Å²) in [6, 6.07) is 3.02. The van der Waals surface area contributed by atoms with Crippen LogP contribution in [0.4, 0.5) is 11.5 Å². The molecule has 0 aliphatic carbocycles. The maximum absolute atomic E-state index is 6.12. The Morgan fingerprint density at radius 2 is 1.88 bits per heavy atom. The molecule has 0 radical (unpaired) electrons. The van der Waals surface area contributed by atoms with E-state index < -0.39 is 0 Å².